The summed E-state index contributed by atoms with van der Waals surface area (Å²) in [5, 5.41) is 0. The lowest BCUT2D eigenvalue weighted by atomic mass is 9.78. The summed E-state index contributed by atoms with van der Waals surface area (Å²) in [6, 6.07) is 6.72. The zero-order valence-electron chi connectivity index (χ0n) is 9.92. The van der Waals surface area contributed by atoms with Crippen LogP contribution in [0.4, 0.5) is 5.69 Å². The van der Waals surface area contributed by atoms with Crippen molar-refractivity contribution in [2.24, 2.45) is 5.41 Å². The Morgan fingerprint density at radius 2 is 2.00 bits per heavy atom. The second-order valence-electron chi connectivity index (χ2n) is 5.55. The van der Waals surface area contributed by atoms with Gasteiger partial charge >= 0.3 is 0 Å². The molecule has 0 amide bonds. The number of hydrogen-bond donors (Lipinski definition) is 0. The second kappa shape index (κ2) is 3.30. The molecule has 2 heteroatoms. The van der Waals surface area contributed by atoms with Crippen molar-refractivity contribution in [1.29, 1.82) is 0 Å². The fraction of sp³-hybridized carbons (Fsp3) is 0.500. The summed E-state index contributed by atoms with van der Waals surface area (Å²) >= 11 is 5.66. The van der Waals surface area contributed by atoms with Gasteiger partial charge in [0.25, 0.3) is 0 Å². The predicted molar refractivity (Wildman–Crippen MR) is 72.2 cm³/mol. The van der Waals surface area contributed by atoms with Gasteiger partial charge in [-0.25, -0.2) is 0 Å². The van der Waals surface area contributed by atoms with Gasteiger partial charge < -0.3 is 4.90 Å². The van der Waals surface area contributed by atoms with Crippen molar-refractivity contribution >= 4 is 22.9 Å². The van der Waals surface area contributed by atoms with Crippen molar-refractivity contribution in [1.82, 2.24) is 0 Å². The number of anilines is 1. The van der Waals surface area contributed by atoms with Crippen molar-refractivity contribution in [3.63, 3.8) is 0 Å². The smallest absolute Gasteiger partial charge is 0.0884 e. The van der Waals surface area contributed by atoms with Gasteiger partial charge in [0.1, 0.15) is 0 Å². The highest BCUT2D eigenvalue weighted by Gasteiger charge is 2.37. The first-order valence-electron chi connectivity index (χ1n) is 6.02. The monoisotopic (exact) mass is 231 g/mol. The van der Waals surface area contributed by atoms with Crippen LogP contribution in [-0.2, 0) is 12.8 Å². The maximum Gasteiger partial charge on any atom is 0.0884 e. The Morgan fingerprint density at radius 1 is 1.25 bits per heavy atom. The normalized spacial score (nSPS) is 21.9. The molecule has 1 aromatic carbocycles. The molecule has 0 spiro atoms. The minimum absolute atomic E-state index is 0.137. The SMILES string of the molecule is CC1(C)Cc2cccc3c2N(CCC3)C1=S. The number of para-hydroxylation sites is 1. The number of aryl methyl sites for hydroxylation is 1. The fourth-order valence-corrected chi connectivity index (χ4v) is 3.25. The summed E-state index contributed by atoms with van der Waals surface area (Å²) in [4.78, 5) is 3.51. The molecule has 0 fully saturated rings. The minimum atomic E-state index is 0.137. The lowest BCUT2D eigenvalue weighted by Crippen LogP contribution is -2.47. The van der Waals surface area contributed by atoms with E-state index in [1.165, 1.54) is 29.7 Å². The van der Waals surface area contributed by atoms with Gasteiger partial charge in [-0.3, -0.25) is 0 Å². The molecule has 0 radical (unpaired) electrons. The molecule has 0 N–H and O–H groups in total. The summed E-state index contributed by atoms with van der Waals surface area (Å²) in [6.07, 6.45) is 3.53. The fourth-order valence-electron chi connectivity index (χ4n) is 3.00. The van der Waals surface area contributed by atoms with Crippen molar-refractivity contribution in [2.45, 2.75) is 33.1 Å². The third-order valence-corrected chi connectivity index (χ3v) is 4.53. The van der Waals surface area contributed by atoms with Gasteiger partial charge in [0.05, 0.1) is 4.99 Å². The van der Waals surface area contributed by atoms with Crippen LogP contribution < -0.4 is 4.90 Å². The quantitative estimate of drug-likeness (QED) is 0.630. The van der Waals surface area contributed by atoms with Crippen LogP contribution >= 0.6 is 12.2 Å². The molecule has 2 heterocycles. The molecular weight excluding hydrogens is 214 g/mol. The standard InChI is InChI=1S/C14H17NS/c1-14(2)9-11-6-3-5-10-7-4-8-15(12(10)11)13(14)16/h3,5-6H,4,7-9H2,1-2H3. The molecule has 0 bridgehead atoms. The highest BCUT2D eigenvalue weighted by Crippen LogP contribution is 2.42. The van der Waals surface area contributed by atoms with Gasteiger partial charge in [0.15, 0.2) is 0 Å². The molecule has 0 atom stereocenters. The number of thiocarbonyl (C=S) groups is 1. The summed E-state index contributed by atoms with van der Waals surface area (Å²) in [6.45, 7) is 5.63. The molecule has 1 nitrogen and oxygen atoms in total. The Labute approximate surface area is 102 Å². The van der Waals surface area contributed by atoms with Crippen LogP contribution in [0.3, 0.4) is 0 Å². The van der Waals surface area contributed by atoms with E-state index in [1.54, 1.807) is 0 Å². The van der Waals surface area contributed by atoms with Crippen molar-refractivity contribution in [2.75, 3.05) is 11.4 Å². The van der Waals surface area contributed by atoms with Crippen LogP contribution in [0.5, 0.6) is 0 Å². The molecule has 84 valence electrons. The van der Waals surface area contributed by atoms with E-state index in [-0.39, 0.29) is 5.41 Å². The number of hydrogen-bond acceptors (Lipinski definition) is 1. The highest BCUT2D eigenvalue weighted by atomic mass is 32.1. The Hall–Kier alpha value is -0.890. The summed E-state index contributed by atoms with van der Waals surface area (Å²) in [5.74, 6) is 0. The van der Waals surface area contributed by atoms with Crippen LogP contribution in [-0.4, -0.2) is 11.5 Å². The van der Waals surface area contributed by atoms with E-state index in [9.17, 15) is 0 Å². The summed E-state index contributed by atoms with van der Waals surface area (Å²) in [5.41, 5.74) is 4.54. The highest BCUT2D eigenvalue weighted by molar-refractivity contribution is 7.80. The topological polar surface area (TPSA) is 3.24 Å². The van der Waals surface area contributed by atoms with E-state index >= 15 is 0 Å². The first-order chi connectivity index (χ1) is 7.59. The van der Waals surface area contributed by atoms with Crippen LogP contribution in [0.2, 0.25) is 0 Å². The lowest BCUT2D eigenvalue weighted by molar-refractivity contribution is 0.501. The number of nitrogens with zero attached hydrogens (tertiary/aromatic N) is 1. The predicted octanol–water partition coefficient (Wildman–Crippen LogP) is 3.35. The molecule has 0 aromatic heterocycles. The van der Waals surface area contributed by atoms with Gasteiger partial charge in [0.2, 0.25) is 0 Å². The summed E-state index contributed by atoms with van der Waals surface area (Å²) < 4.78 is 0. The van der Waals surface area contributed by atoms with Gasteiger partial charge in [-0.1, -0.05) is 44.3 Å². The maximum absolute atomic E-state index is 5.66. The third-order valence-electron chi connectivity index (χ3n) is 3.76. The van der Waals surface area contributed by atoms with Crippen LogP contribution in [0.1, 0.15) is 31.4 Å². The first-order valence-corrected chi connectivity index (χ1v) is 6.43. The Morgan fingerprint density at radius 3 is 2.81 bits per heavy atom. The largest absolute Gasteiger partial charge is 0.335 e. The zero-order valence-corrected chi connectivity index (χ0v) is 10.7. The van der Waals surface area contributed by atoms with E-state index in [2.05, 4.69) is 36.9 Å². The summed E-state index contributed by atoms with van der Waals surface area (Å²) in [7, 11) is 0. The van der Waals surface area contributed by atoms with Gasteiger partial charge in [-0.15, -0.1) is 0 Å². The Bertz CT molecular complexity index is 462. The van der Waals surface area contributed by atoms with Crippen molar-refractivity contribution in [3.8, 4) is 0 Å². The van der Waals surface area contributed by atoms with Gasteiger partial charge in [0, 0.05) is 17.6 Å². The Balaban J connectivity index is 2.21. The van der Waals surface area contributed by atoms with Crippen molar-refractivity contribution < 1.29 is 0 Å². The Kier molecular flexibility index (Phi) is 2.12. The average molecular weight is 231 g/mol. The third kappa shape index (κ3) is 1.32. The van der Waals surface area contributed by atoms with Crippen molar-refractivity contribution in [3.05, 3.63) is 29.3 Å². The molecule has 0 saturated carbocycles. The van der Waals surface area contributed by atoms with E-state index in [0.717, 1.165) is 18.0 Å². The van der Waals surface area contributed by atoms with Crippen LogP contribution in [0.25, 0.3) is 0 Å². The molecule has 0 aliphatic carbocycles. The van der Waals surface area contributed by atoms with Crippen LogP contribution in [0.15, 0.2) is 18.2 Å². The maximum atomic E-state index is 5.66. The van der Waals surface area contributed by atoms with E-state index < -0.39 is 0 Å². The van der Waals surface area contributed by atoms with Crippen LogP contribution in [0, 0.1) is 5.41 Å². The van der Waals surface area contributed by atoms with Gasteiger partial charge in [-0.2, -0.15) is 0 Å². The molecular formula is C14H17NS. The van der Waals surface area contributed by atoms with Gasteiger partial charge in [-0.05, 0) is 30.4 Å². The number of rotatable bonds is 0. The molecule has 3 rings (SSSR count). The molecule has 2 aliphatic heterocycles. The molecule has 0 unspecified atom stereocenters. The van der Waals surface area contributed by atoms with E-state index in [0.29, 0.717) is 0 Å². The van der Waals surface area contributed by atoms with E-state index in [1.807, 2.05) is 0 Å². The minimum Gasteiger partial charge on any atom is -0.335 e. The zero-order chi connectivity index (χ0) is 11.3. The second-order valence-corrected chi connectivity index (χ2v) is 5.93. The lowest BCUT2D eigenvalue weighted by Gasteiger charge is -2.44. The molecule has 1 aromatic rings. The average Bonchev–Trinajstić information content (AvgIpc) is 2.26. The first kappa shape index (κ1) is 10.3. The molecule has 2 aliphatic rings. The van der Waals surface area contributed by atoms with E-state index in [4.69, 9.17) is 12.2 Å². The molecule has 16 heavy (non-hydrogen) atoms. The number of benzene rings is 1. The molecule has 0 saturated heterocycles.